The van der Waals surface area contributed by atoms with Crippen molar-refractivity contribution in [3.8, 4) is 34.1 Å². The molecule has 1 heterocycles. The van der Waals surface area contributed by atoms with Crippen LogP contribution in [0.2, 0.25) is 0 Å². The standard InChI is InChI=1S/C23H19NO4/c1-26-19-11-7-17(8-12-19)21-22(28-23(25)24-21)18-9-13-20(14-10-18)27-15-16-5-3-2-4-6-16/h2-14H,15H2,1H3,(H,24,25). The number of aromatic nitrogens is 1. The first-order chi connectivity index (χ1) is 13.7. The van der Waals surface area contributed by atoms with E-state index < -0.39 is 5.76 Å². The van der Waals surface area contributed by atoms with Crippen molar-refractivity contribution in [2.24, 2.45) is 0 Å². The highest BCUT2D eigenvalue weighted by Gasteiger charge is 2.14. The normalized spacial score (nSPS) is 10.6. The number of methoxy groups -OCH3 is 1. The van der Waals surface area contributed by atoms with Crippen LogP contribution in [-0.4, -0.2) is 12.1 Å². The number of benzene rings is 3. The maximum atomic E-state index is 11.8. The first-order valence-electron chi connectivity index (χ1n) is 8.87. The Labute approximate surface area is 162 Å². The second kappa shape index (κ2) is 7.88. The Hall–Kier alpha value is -3.73. The van der Waals surface area contributed by atoms with Gasteiger partial charge in [-0.1, -0.05) is 30.3 Å². The van der Waals surface area contributed by atoms with Crippen LogP contribution in [-0.2, 0) is 6.61 Å². The fourth-order valence-electron chi connectivity index (χ4n) is 2.94. The molecule has 0 bridgehead atoms. The molecular weight excluding hydrogens is 354 g/mol. The average molecular weight is 373 g/mol. The fourth-order valence-corrected chi connectivity index (χ4v) is 2.94. The second-order valence-corrected chi connectivity index (χ2v) is 6.25. The highest BCUT2D eigenvalue weighted by Crippen LogP contribution is 2.31. The van der Waals surface area contributed by atoms with Crippen LogP contribution in [0, 0.1) is 0 Å². The van der Waals surface area contributed by atoms with Gasteiger partial charge >= 0.3 is 5.76 Å². The van der Waals surface area contributed by atoms with E-state index in [1.54, 1.807) is 7.11 Å². The molecule has 0 fully saturated rings. The smallest absolute Gasteiger partial charge is 0.417 e. The van der Waals surface area contributed by atoms with Crippen LogP contribution in [0.4, 0.5) is 0 Å². The third kappa shape index (κ3) is 3.83. The van der Waals surface area contributed by atoms with Gasteiger partial charge in [-0.15, -0.1) is 0 Å². The topological polar surface area (TPSA) is 64.5 Å². The highest BCUT2D eigenvalue weighted by atomic mass is 16.5. The van der Waals surface area contributed by atoms with E-state index in [4.69, 9.17) is 13.9 Å². The Morgan fingerprint density at radius 1 is 0.821 bits per heavy atom. The number of ether oxygens (including phenoxy) is 2. The van der Waals surface area contributed by atoms with Gasteiger partial charge in [0.2, 0.25) is 0 Å². The number of nitrogens with one attached hydrogen (secondary N) is 1. The van der Waals surface area contributed by atoms with E-state index >= 15 is 0 Å². The highest BCUT2D eigenvalue weighted by molar-refractivity contribution is 5.77. The predicted octanol–water partition coefficient (Wildman–Crippen LogP) is 4.89. The zero-order valence-electron chi connectivity index (χ0n) is 15.3. The third-order valence-electron chi connectivity index (χ3n) is 4.39. The molecule has 1 aromatic heterocycles. The number of rotatable bonds is 6. The molecule has 0 spiro atoms. The minimum Gasteiger partial charge on any atom is -0.497 e. The molecule has 0 aliphatic heterocycles. The summed E-state index contributed by atoms with van der Waals surface area (Å²) in [6.45, 7) is 0.497. The average Bonchev–Trinajstić information content (AvgIpc) is 3.15. The molecule has 3 aromatic carbocycles. The van der Waals surface area contributed by atoms with Gasteiger partial charge < -0.3 is 13.9 Å². The summed E-state index contributed by atoms with van der Waals surface area (Å²) in [6.07, 6.45) is 0. The van der Waals surface area contributed by atoms with E-state index in [0.717, 1.165) is 28.2 Å². The van der Waals surface area contributed by atoms with Gasteiger partial charge in [-0.3, -0.25) is 4.98 Å². The number of oxazole rings is 1. The van der Waals surface area contributed by atoms with Crippen molar-refractivity contribution in [2.45, 2.75) is 6.61 Å². The maximum absolute atomic E-state index is 11.8. The Morgan fingerprint density at radius 3 is 2.14 bits per heavy atom. The molecule has 1 N–H and O–H groups in total. The third-order valence-corrected chi connectivity index (χ3v) is 4.39. The molecule has 4 rings (SSSR count). The maximum Gasteiger partial charge on any atom is 0.417 e. The SMILES string of the molecule is COc1ccc(-c2[nH]c(=O)oc2-c2ccc(OCc3ccccc3)cc2)cc1. The molecule has 0 aliphatic carbocycles. The van der Waals surface area contributed by atoms with Gasteiger partial charge in [0.1, 0.15) is 18.1 Å². The molecule has 0 saturated heterocycles. The fraction of sp³-hybridized carbons (Fsp3) is 0.0870. The first-order valence-corrected chi connectivity index (χ1v) is 8.87. The summed E-state index contributed by atoms with van der Waals surface area (Å²) in [5.41, 5.74) is 3.36. The number of H-pyrrole nitrogens is 1. The van der Waals surface area contributed by atoms with Crippen molar-refractivity contribution in [1.82, 2.24) is 4.98 Å². The van der Waals surface area contributed by atoms with Gasteiger partial charge in [-0.25, -0.2) is 4.79 Å². The Morgan fingerprint density at radius 2 is 1.46 bits per heavy atom. The van der Waals surface area contributed by atoms with Gasteiger partial charge in [0.05, 0.1) is 12.8 Å². The van der Waals surface area contributed by atoms with E-state index in [0.29, 0.717) is 18.1 Å². The quantitative estimate of drug-likeness (QED) is 0.523. The van der Waals surface area contributed by atoms with Crippen molar-refractivity contribution in [1.29, 1.82) is 0 Å². The molecule has 0 saturated carbocycles. The molecule has 0 unspecified atom stereocenters. The number of hydrogen-bond acceptors (Lipinski definition) is 4. The van der Waals surface area contributed by atoms with Gasteiger partial charge in [-0.2, -0.15) is 0 Å². The summed E-state index contributed by atoms with van der Waals surface area (Å²) in [6, 6.07) is 24.9. The Balaban J connectivity index is 1.56. The van der Waals surface area contributed by atoms with Crippen LogP contribution in [0.15, 0.2) is 88.1 Å². The van der Waals surface area contributed by atoms with Crippen molar-refractivity contribution in [2.75, 3.05) is 7.11 Å². The molecule has 4 aromatic rings. The molecule has 140 valence electrons. The van der Waals surface area contributed by atoms with Crippen LogP contribution in [0.25, 0.3) is 22.6 Å². The molecule has 0 aliphatic rings. The zero-order chi connectivity index (χ0) is 19.3. The predicted molar refractivity (Wildman–Crippen MR) is 108 cm³/mol. The lowest BCUT2D eigenvalue weighted by Crippen LogP contribution is -1.94. The lowest BCUT2D eigenvalue weighted by atomic mass is 10.1. The Kier molecular flexibility index (Phi) is 4.97. The summed E-state index contributed by atoms with van der Waals surface area (Å²) >= 11 is 0. The largest absolute Gasteiger partial charge is 0.497 e. The van der Waals surface area contributed by atoms with Crippen LogP contribution < -0.4 is 15.2 Å². The molecule has 0 atom stereocenters. The van der Waals surface area contributed by atoms with Gasteiger partial charge in [0.25, 0.3) is 0 Å². The van der Waals surface area contributed by atoms with Gasteiger partial charge in [0.15, 0.2) is 5.76 Å². The molecular formula is C23H19NO4. The molecule has 0 amide bonds. The monoisotopic (exact) mass is 373 g/mol. The second-order valence-electron chi connectivity index (χ2n) is 6.25. The summed E-state index contributed by atoms with van der Waals surface area (Å²) in [4.78, 5) is 14.6. The minimum absolute atomic E-state index is 0.491. The van der Waals surface area contributed by atoms with Crippen molar-refractivity contribution in [3.63, 3.8) is 0 Å². The number of aromatic amines is 1. The van der Waals surface area contributed by atoms with Crippen molar-refractivity contribution >= 4 is 0 Å². The van der Waals surface area contributed by atoms with Gasteiger partial charge in [0, 0.05) is 11.1 Å². The summed E-state index contributed by atoms with van der Waals surface area (Å²) in [5, 5.41) is 0. The van der Waals surface area contributed by atoms with Crippen molar-refractivity contribution < 1.29 is 13.9 Å². The van der Waals surface area contributed by atoms with E-state index in [2.05, 4.69) is 4.98 Å². The summed E-state index contributed by atoms with van der Waals surface area (Å²) in [7, 11) is 1.61. The van der Waals surface area contributed by atoms with Crippen molar-refractivity contribution in [3.05, 3.63) is 95.0 Å². The van der Waals surface area contributed by atoms with Gasteiger partial charge in [-0.05, 0) is 54.1 Å². The first kappa shape index (κ1) is 17.7. The molecule has 5 heteroatoms. The Bertz CT molecular complexity index is 1090. The minimum atomic E-state index is -0.495. The van der Waals surface area contributed by atoms with E-state index in [-0.39, 0.29) is 0 Å². The lowest BCUT2D eigenvalue weighted by Gasteiger charge is -2.07. The lowest BCUT2D eigenvalue weighted by molar-refractivity contribution is 0.306. The molecule has 5 nitrogen and oxygen atoms in total. The van der Waals surface area contributed by atoms with E-state index in [1.807, 2.05) is 78.9 Å². The van der Waals surface area contributed by atoms with Crippen LogP contribution >= 0.6 is 0 Å². The zero-order valence-corrected chi connectivity index (χ0v) is 15.3. The number of hydrogen-bond donors (Lipinski definition) is 1. The van der Waals surface area contributed by atoms with Crippen LogP contribution in [0.1, 0.15) is 5.56 Å². The summed E-state index contributed by atoms with van der Waals surface area (Å²) < 4.78 is 16.4. The van der Waals surface area contributed by atoms with E-state index in [1.165, 1.54) is 0 Å². The molecule has 28 heavy (non-hydrogen) atoms. The van der Waals surface area contributed by atoms with E-state index in [9.17, 15) is 4.79 Å². The molecule has 0 radical (unpaired) electrons. The van der Waals surface area contributed by atoms with Crippen LogP contribution in [0.5, 0.6) is 11.5 Å². The summed E-state index contributed by atoms with van der Waals surface area (Å²) in [5.74, 6) is 1.49. The van der Waals surface area contributed by atoms with Crippen LogP contribution in [0.3, 0.4) is 0 Å².